The summed E-state index contributed by atoms with van der Waals surface area (Å²) in [5.74, 6) is 1.87. The van der Waals surface area contributed by atoms with E-state index in [-0.39, 0.29) is 5.78 Å². The minimum Gasteiger partial charge on any atom is -0.485 e. The predicted octanol–water partition coefficient (Wildman–Crippen LogP) is 5.28. The van der Waals surface area contributed by atoms with Gasteiger partial charge in [-0.05, 0) is 23.6 Å². The second-order valence-corrected chi connectivity index (χ2v) is 8.30. The third-order valence-corrected chi connectivity index (χ3v) is 6.08. The standard InChI is InChI=1S/C22H18BrN3O2S/c1-26-21(13-28-20-8-4-6-15-5-2-3-7-18(15)20)24-25-22(26)29-14-19(27)16-9-11-17(23)12-10-16/h2-12H,13-14H2,1H3. The van der Waals surface area contributed by atoms with Crippen molar-refractivity contribution in [2.45, 2.75) is 11.8 Å². The number of hydrogen-bond donors (Lipinski definition) is 0. The highest BCUT2D eigenvalue weighted by Crippen LogP contribution is 2.26. The number of carbonyl (C=O) groups excluding carboxylic acids is 1. The van der Waals surface area contributed by atoms with Crippen molar-refractivity contribution in [3.63, 3.8) is 0 Å². The van der Waals surface area contributed by atoms with Gasteiger partial charge in [0.05, 0.1) is 5.75 Å². The second-order valence-electron chi connectivity index (χ2n) is 6.44. The Morgan fingerprint density at radius 1 is 1.03 bits per heavy atom. The van der Waals surface area contributed by atoms with Crippen molar-refractivity contribution < 1.29 is 9.53 Å². The number of fused-ring (bicyclic) bond motifs is 1. The number of halogens is 1. The Labute approximate surface area is 181 Å². The molecule has 0 fully saturated rings. The molecule has 3 aromatic carbocycles. The third-order valence-electron chi connectivity index (χ3n) is 4.53. The van der Waals surface area contributed by atoms with Gasteiger partial charge in [0.1, 0.15) is 12.4 Å². The van der Waals surface area contributed by atoms with Gasteiger partial charge in [0, 0.05) is 22.5 Å². The minimum absolute atomic E-state index is 0.0547. The van der Waals surface area contributed by atoms with Crippen LogP contribution in [0.15, 0.2) is 76.4 Å². The Morgan fingerprint density at radius 3 is 2.62 bits per heavy atom. The molecular weight excluding hydrogens is 450 g/mol. The fraction of sp³-hybridized carbons (Fsp3) is 0.136. The molecule has 0 saturated carbocycles. The molecule has 0 aliphatic heterocycles. The van der Waals surface area contributed by atoms with Crippen LogP contribution in [0.5, 0.6) is 5.75 Å². The zero-order valence-electron chi connectivity index (χ0n) is 15.7. The van der Waals surface area contributed by atoms with Crippen LogP contribution in [-0.2, 0) is 13.7 Å². The lowest BCUT2D eigenvalue weighted by Crippen LogP contribution is -2.06. The molecule has 0 bridgehead atoms. The van der Waals surface area contributed by atoms with E-state index in [1.165, 1.54) is 11.8 Å². The van der Waals surface area contributed by atoms with Gasteiger partial charge in [-0.15, -0.1) is 10.2 Å². The molecule has 0 radical (unpaired) electrons. The average molecular weight is 468 g/mol. The van der Waals surface area contributed by atoms with Crippen molar-refractivity contribution in [1.82, 2.24) is 14.8 Å². The van der Waals surface area contributed by atoms with Crippen LogP contribution in [0.3, 0.4) is 0 Å². The Hall–Kier alpha value is -2.64. The summed E-state index contributed by atoms with van der Waals surface area (Å²) in [6, 6.07) is 21.4. The molecule has 0 spiro atoms. The average Bonchev–Trinajstić information content (AvgIpc) is 3.10. The first kappa shape index (κ1) is 19.7. The van der Waals surface area contributed by atoms with Crippen LogP contribution >= 0.6 is 27.7 Å². The SMILES string of the molecule is Cn1c(COc2cccc3ccccc23)nnc1SCC(=O)c1ccc(Br)cc1. The predicted molar refractivity (Wildman–Crippen MR) is 118 cm³/mol. The van der Waals surface area contributed by atoms with E-state index in [1.807, 2.05) is 66.2 Å². The van der Waals surface area contributed by atoms with Gasteiger partial charge in [-0.25, -0.2) is 0 Å². The molecule has 0 saturated heterocycles. The van der Waals surface area contributed by atoms with E-state index in [0.29, 0.717) is 28.9 Å². The van der Waals surface area contributed by atoms with Crippen LogP contribution in [0.25, 0.3) is 10.8 Å². The molecule has 4 aromatic rings. The zero-order chi connectivity index (χ0) is 20.2. The molecule has 1 aromatic heterocycles. The number of aromatic nitrogens is 3. The van der Waals surface area contributed by atoms with Gasteiger partial charge in [0.15, 0.2) is 16.8 Å². The summed E-state index contributed by atoms with van der Waals surface area (Å²) in [4.78, 5) is 12.4. The molecule has 4 rings (SSSR count). The summed E-state index contributed by atoms with van der Waals surface area (Å²) >= 11 is 4.75. The van der Waals surface area contributed by atoms with E-state index in [9.17, 15) is 4.79 Å². The van der Waals surface area contributed by atoms with Crippen molar-refractivity contribution in [3.8, 4) is 5.75 Å². The van der Waals surface area contributed by atoms with Gasteiger partial charge < -0.3 is 9.30 Å². The van der Waals surface area contributed by atoms with Crippen LogP contribution < -0.4 is 4.74 Å². The summed E-state index contributed by atoms with van der Waals surface area (Å²) in [7, 11) is 1.88. The maximum Gasteiger partial charge on any atom is 0.191 e. The minimum atomic E-state index is 0.0547. The van der Waals surface area contributed by atoms with Gasteiger partial charge in [-0.3, -0.25) is 4.79 Å². The normalized spacial score (nSPS) is 11.0. The van der Waals surface area contributed by atoms with Crippen molar-refractivity contribution in [2.24, 2.45) is 7.05 Å². The summed E-state index contributed by atoms with van der Waals surface area (Å²) in [5.41, 5.74) is 0.683. The van der Waals surface area contributed by atoms with E-state index in [1.54, 1.807) is 0 Å². The molecule has 29 heavy (non-hydrogen) atoms. The first-order valence-electron chi connectivity index (χ1n) is 9.02. The highest BCUT2D eigenvalue weighted by Gasteiger charge is 2.13. The van der Waals surface area contributed by atoms with Crippen molar-refractivity contribution in [2.75, 3.05) is 5.75 Å². The fourth-order valence-electron chi connectivity index (χ4n) is 2.91. The van der Waals surface area contributed by atoms with E-state index in [0.717, 1.165) is 21.0 Å². The van der Waals surface area contributed by atoms with Crippen molar-refractivity contribution >= 4 is 44.2 Å². The van der Waals surface area contributed by atoms with E-state index in [4.69, 9.17) is 4.74 Å². The van der Waals surface area contributed by atoms with E-state index < -0.39 is 0 Å². The Bertz CT molecular complexity index is 1150. The summed E-state index contributed by atoms with van der Waals surface area (Å²) in [6.07, 6.45) is 0. The van der Waals surface area contributed by atoms with Gasteiger partial charge in [0.2, 0.25) is 0 Å². The largest absolute Gasteiger partial charge is 0.485 e. The molecule has 146 valence electrons. The van der Waals surface area contributed by atoms with E-state index in [2.05, 4.69) is 38.3 Å². The van der Waals surface area contributed by atoms with Crippen molar-refractivity contribution in [3.05, 3.63) is 82.6 Å². The molecule has 0 aliphatic carbocycles. The Balaban J connectivity index is 1.40. The summed E-state index contributed by atoms with van der Waals surface area (Å²) < 4.78 is 8.82. The monoisotopic (exact) mass is 467 g/mol. The van der Waals surface area contributed by atoms with Gasteiger partial charge in [-0.1, -0.05) is 76.2 Å². The Kier molecular flexibility index (Phi) is 5.97. The third kappa shape index (κ3) is 4.52. The van der Waals surface area contributed by atoms with Gasteiger partial charge in [0.25, 0.3) is 0 Å². The fourth-order valence-corrected chi connectivity index (χ4v) is 4.00. The smallest absolute Gasteiger partial charge is 0.191 e. The Morgan fingerprint density at radius 2 is 1.79 bits per heavy atom. The highest BCUT2D eigenvalue weighted by molar-refractivity contribution is 9.10. The topological polar surface area (TPSA) is 57.0 Å². The number of carbonyl (C=O) groups is 1. The quantitative estimate of drug-likeness (QED) is 0.273. The molecule has 0 N–H and O–H groups in total. The van der Waals surface area contributed by atoms with Crippen LogP contribution in [0.1, 0.15) is 16.2 Å². The first-order chi connectivity index (χ1) is 14.1. The number of ketones is 1. The molecule has 1 heterocycles. The zero-order valence-corrected chi connectivity index (χ0v) is 18.1. The van der Waals surface area contributed by atoms with Crippen molar-refractivity contribution in [1.29, 1.82) is 0 Å². The number of rotatable bonds is 7. The first-order valence-corrected chi connectivity index (χ1v) is 10.8. The highest BCUT2D eigenvalue weighted by atomic mass is 79.9. The lowest BCUT2D eigenvalue weighted by atomic mass is 10.1. The maximum absolute atomic E-state index is 12.4. The van der Waals surface area contributed by atoms with Crippen LogP contribution in [0, 0.1) is 0 Å². The number of benzene rings is 3. The molecule has 0 amide bonds. The van der Waals surface area contributed by atoms with Crippen LogP contribution in [-0.4, -0.2) is 26.3 Å². The lowest BCUT2D eigenvalue weighted by Gasteiger charge is -2.09. The lowest BCUT2D eigenvalue weighted by molar-refractivity contribution is 0.102. The molecule has 0 unspecified atom stereocenters. The molecule has 0 atom stereocenters. The molecular formula is C22H18BrN3O2S. The number of ether oxygens (including phenoxy) is 1. The van der Waals surface area contributed by atoms with Gasteiger partial charge in [-0.2, -0.15) is 0 Å². The number of nitrogens with zero attached hydrogens (tertiary/aromatic N) is 3. The maximum atomic E-state index is 12.4. The molecule has 5 nitrogen and oxygen atoms in total. The van der Waals surface area contributed by atoms with Gasteiger partial charge >= 0.3 is 0 Å². The van der Waals surface area contributed by atoms with Crippen LogP contribution in [0.4, 0.5) is 0 Å². The second kappa shape index (κ2) is 8.80. The number of Topliss-reactive ketones (excluding diaryl/α,β-unsaturated/α-hetero) is 1. The molecule has 0 aliphatic rings. The van der Waals surface area contributed by atoms with Crippen LogP contribution in [0.2, 0.25) is 0 Å². The number of thioether (sulfide) groups is 1. The summed E-state index contributed by atoms with van der Waals surface area (Å²) in [6.45, 7) is 0.304. The summed E-state index contributed by atoms with van der Waals surface area (Å²) in [5, 5.41) is 11.3. The molecule has 7 heteroatoms. The van der Waals surface area contributed by atoms with E-state index >= 15 is 0 Å². The number of hydrogen-bond acceptors (Lipinski definition) is 5.